The molecule has 0 saturated heterocycles. The second kappa shape index (κ2) is 7.62. The summed E-state index contributed by atoms with van der Waals surface area (Å²) in [4.78, 5) is 4.12. The molecule has 0 radical (unpaired) electrons. The van der Waals surface area contributed by atoms with Crippen molar-refractivity contribution in [1.82, 2.24) is 30.3 Å². The van der Waals surface area contributed by atoms with Crippen molar-refractivity contribution in [2.24, 2.45) is 0 Å². The molecule has 4 rings (SSSR count). The summed E-state index contributed by atoms with van der Waals surface area (Å²) in [5.41, 5.74) is -0.179. The van der Waals surface area contributed by atoms with E-state index in [1.807, 2.05) is 0 Å². The van der Waals surface area contributed by atoms with Crippen LogP contribution in [0.5, 0.6) is 0 Å². The number of thioether (sulfide) groups is 1. The molecule has 2 aromatic carbocycles. The average molecular weight is 422 g/mol. The van der Waals surface area contributed by atoms with Gasteiger partial charge in [-0.25, -0.2) is 4.39 Å². The first-order chi connectivity index (χ1) is 13.9. The van der Waals surface area contributed by atoms with E-state index < -0.39 is 17.6 Å². The highest BCUT2D eigenvalue weighted by Crippen LogP contribution is 2.31. The van der Waals surface area contributed by atoms with Crippen molar-refractivity contribution in [1.29, 1.82) is 0 Å². The molecule has 0 bridgehead atoms. The molecule has 0 unspecified atom stereocenters. The van der Waals surface area contributed by atoms with Gasteiger partial charge in [0.15, 0.2) is 0 Å². The maximum absolute atomic E-state index is 13.4. The van der Waals surface area contributed by atoms with E-state index in [1.54, 1.807) is 6.07 Å². The van der Waals surface area contributed by atoms with Crippen molar-refractivity contribution >= 4 is 11.8 Å². The first kappa shape index (κ1) is 19.1. The van der Waals surface area contributed by atoms with Gasteiger partial charge in [-0.05, 0) is 40.8 Å². The standard InChI is InChI=1S/C17H10F4N6OS/c18-12-5-2-6-13(8-12)27-16(23-25-26-27)29-9-14-22-15(24-28-14)10-3-1-4-11(7-10)17(19,20)21/h1-8H,9H2. The average Bonchev–Trinajstić information content (AvgIpc) is 3.35. The van der Waals surface area contributed by atoms with Crippen LogP contribution < -0.4 is 0 Å². The van der Waals surface area contributed by atoms with E-state index in [-0.39, 0.29) is 23.0 Å². The quantitative estimate of drug-likeness (QED) is 0.353. The van der Waals surface area contributed by atoms with Crippen molar-refractivity contribution in [3.63, 3.8) is 0 Å². The highest BCUT2D eigenvalue weighted by atomic mass is 32.2. The number of aromatic nitrogens is 6. The fourth-order valence-electron chi connectivity index (χ4n) is 2.43. The molecule has 148 valence electrons. The van der Waals surface area contributed by atoms with Gasteiger partial charge in [-0.15, -0.1) is 5.10 Å². The Bertz CT molecular complexity index is 1140. The van der Waals surface area contributed by atoms with Crippen molar-refractivity contribution < 1.29 is 22.1 Å². The van der Waals surface area contributed by atoms with E-state index in [9.17, 15) is 17.6 Å². The minimum Gasteiger partial charge on any atom is -0.338 e. The molecule has 0 saturated carbocycles. The molecule has 4 aromatic rings. The predicted octanol–water partition coefficient (Wildman–Crippen LogP) is 4.16. The lowest BCUT2D eigenvalue weighted by Gasteiger charge is -2.06. The Morgan fingerprint density at radius 3 is 2.69 bits per heavy atom. The molecule has 7 nitrogen and oxygen atoms in total. The van der Waals surface area contributed by atoms with Crippen LogP contribution in [-0.2, 0) is 11.9 Å². The van der Waals surface area contributed by atoms with E-state index in [2.05, 4.69) is 25.7 Å². The largest absolute Gasteiger partial charge is 0.416 e. The van der Waals surface area contributed by atoms with Gasteiger partial charge < -0.3 is 4.52 Å². The van der Waals surface area contributed by atoms with E-state index in [4.69, 9.17) is 4.52 Å². The van der Waals surface area contributed by atoms with E-state index >= 15 is 0 Å². The van der Waals surface area contributed by atoms with Gasteiger partial charge in [0.25, 0.3) is 0 Å². The molecular weight excluding hydrogens is 412 g/mol. The molecule has 0 aliphatic carbocycles. The van der Waals surface area contributed by atoms with Crippen molar-refractivity contribution in [3.8, 4) is 17.1 Å². The lowest BCUT2D eigenvalue weighted by atomic mass is 10.1. The smallest absolute Gasteiger partial charge is 0.338 e. The molecule has 0 fully saturated rings. The fraction of sp³-hybridized carbons (Fsp3) is 0.118. The van der Waals surface area contributed by atoms with Crippen molar-refractivity contribution in [3.05, 3.63) is 65.8 Å². The molecule has 0 aliphatic rings. The zero-order valence-electron chi connectivity index (χ0n) is 14.3. The zero-order valence-corrected chi connectivity index (χ0v) is 15.2. The fourth-order valence-corrected chi connectivity index (χ4v) is 3.16. The van der Waals surface area contributed by atoms with Crippen LogP contribution in [0, 0.1) is 5.82 Å². The van der Waals surface area contributed by atoms with Crippen LogP contribution in [-0.4, -0.2) is 30.3 Å². The number of alkyl halides is 3. The molecule has 0 amide bonds. The third kappa shape index (κ3) is 4.26. The molecule has 0 spiro atoms. The van der Waals surface area contributed by atoms with Gasteiger partial charge in [0, 0.05) is 5.56 Å². The van der Waals surface area contributed by atoms with Crippen LogP contribution in [0.2, 0.25) is 0 Å². The number of benzene rings is 2. The summed E-state index contributed by atoms with van der Waals surface area (Å²) >= 11 is 1.15. The van der Waals surface area contributed by atoms with Gasteiger partial charge >= 0.3 is 6.18 Å². The molecule has 0 atom stereocenters. The van der Waals surface area contributed by atoms with Crippen LogP contribution in [0.25, 0.3) is 17.1 Å². The molecule has 29 heavy (non-hydrogen) atoms. The Morgan fingerprint density at radius 2 is 1.90 bits per heavy atom. The molecular formula is C17H10F4N6OS. The zero-order chi connectivity index (χ0) is 20.4. The van der Waals surface area contributed by atoms with E-state index in [0.29, 0.717) is 10.8 Å². The first-order valence-corrected chi connectivity index (χ1v) is 9.06. The number of halogens is 4. The highest BCUT2D eigenvalue weighted by molar-refractivity contribution is 7.98. The molecule has 0 aliphatic heterocycles. The summed E-state index contributed by atoms with van der Waals surface area (Å²) < 4.78 is 58.4. The normalized spacial score (nSPS) is 11.7. The minimum absolute atomic E-state index is 0.0384. The van der Waals surface area contributed by atoms with Gasteiger partial charge in [0.1, 0.15) is 5.82 Å². The summed E-state index contributed by atoms with van der Waals surface area (Å²) in [5.74, 6) is -0.0500. The summed E-state index contributed by atoms with van der Waals surface area (Å²) in [6.45, 7) is 0. The number of hydrogen-bond acceptors (Lipinski definition) is 7. The predicted molar refractivity (Wildman–Crippen MR) is 93.4 cm³/mol. The van der Waals surface area contributed by atoms with E-state index in [1.165, 1.54) is 35.0 Å². The number of rotatable bonds is 5. The highest BCUT2D eigenvalue weighted by Gasteiger charge is 2.30. The monoisotopic (exact) mass is 422 g/mol. The van der Waals surface area contributed by atoms with Crippen LogP contribution in [0.1, 0.15) is 11.5 Å². The molecule has 2 heterocycles. The summed E-state index contributed by atoms with van der Waals surface area (Å²) in [5, 5.41) is 15.3. The van der Waals surface area contributed by atoms with Crippen LogP contribution in [0.4, 0.5) is 17.6 Å². The Labute approximate surface area is 164 Å². The van der Waals surface area contributed by atoms with Crippen LogP contribution in [0.15, 0.2) is 58.2 Å². The van der Waals surface area contributed by atoms with Crippen LogP contribution >= 0.6 is 11.8 Å². The summed E-state index contributed by atoms with van der Waals surface area (Å²) in [6.07, 6.45) is -4.47. The van der Waals surface area contributed by atoms with Gasteiger partial charge in [0.05, 0.1) is 17.0 Å². The summed E-state index contributed by atoms with van der Waals surface area (Å²) in [7, 11) is 0. The number of hydrogen-bond donors (Lipinski definition) is 0. The number of tetrazole rings is 1. The maximum Gasteiger partial charge on any atom is 0.416 e. The third-order valence-corrected chi connectivity index (χ3v) is 4.64. The van der Waals surface area contributed by atoms with Gasteiger partial charge in [-0.1, -0.05) is 35.1 Å². The van der Waals surface area contributed by atoms with E-state index in [0.717, 1.165) is 23.9 Å². The second-order valence-corrected chi connectivity index (χ2v) is 6.67. The Kier molecular flexibility index (Phi) is 5.01. The van der Waals surface area contributed by atoms with Crippen molar-refractivity contribution in [2.45, 2.75) is 17.1 Å². The lowest BCUT2D eigenvalue weighted by molar-refractivity contribution is -0.137. The molecule has 0 N–H and O–H groups in total. The Morgan fingerprint density at radius 1 is 1.07 bits per heavy atom. The Hall–Kier alpha value is -3.28. The van der Waals surface area contributed by atoms with Gasteiger partial charge in [-0.2, -0.15) is 22.8 Å². The third-order valence-electron chi connectivity index (χ3n) is 3.73. The van der Waals surface area contributed by atoms with Gasteiger partial charge in [0.2, 0.25) is 16.9 Å². The number of nitrogens with zero attached hydrogens (tertiary/aromatic N) is 6. The minimum atomic E-state index is -4.47. The topological polar surface area (TPSA) is 82.5 Å². The first-order valence-electron chi connectivity index (χ1n) is 8.07. The molecule has 12 heteroatoms. The van der Waals surface area contributed by atoms with Crippen molar-refractivity contribution in [2.75, 3.05) is 0 Å². The Balaban J connectivity index is 1.50. The molecule has 2 aromatic heterocycles. The van der Waals surface area contributed by atoms with Crippen LogP contribution in [0.3, 0.4) is 0 Å². The lowest BCUT2D eigenvalue weighted by Crippen LogP contribution is -2.04. The SMILES string of the molecule is Fc1cccc(-n2nnnc2SCc2nc(-c3cccc(C(F)(F)F)c3)no2)c1. The maximum atomic E-state index is 13.4. The van der Waals surface area contributed by atoms with Gasteiger partial charge in [-0.3, -0.25) is 0 Å². The second-order valence-electron chi connectivity index (χ2n) is 5.73. The summed E-state index contributed by atoms with van der Waals surface area (Å²) in [6, 6.07) is 10.4.